The topological polar surface area (TPSA) is 46.4 Å². The van der Waals surface area contributed by atoms with Crippen LogP contribution in [0.25, 0.3) is 0 Å². The van der Waals surface area contributed by atoms with Crippen molar-refractivity contribution < 1.29 is 14.3 Å². The van der Waals surface area contributed by atoms with Crippen molar-refractivity contribution in [1.82, 2.24) is 0 Å². The van der Waals surface area contributed by atoms with Crippen LogP contribution in [0.1, 0.15) is 6.42 Å². The van der Waals surface area contributed by atoms with Crippen molar-refractivity contribution in [1.29, 1.82) is 0 Å². The molecule has 0 amide bonds. The molecule has 0 aromatic rings. The second-order valence-electron chi connectivity index (χ2n) is 2.72. The van der Waals surface area contributed by atoms with Gasteiger partial charge in [0.15, 0.2) is 6.54 Å². The third-order valence-corrected chi connectivity index (χ3v) is 2.00. The Balaban J connectivity index is 2.36. The monoisotopic (exact) mass is 154 g/mol. The molecule has 1 saturated heterocycles. The number of esters is 1. The highest BCUT2D eigenvalue weighted by molar-refractivity contribution is 5.81. The average molecular weight is 154 g/mol. The largest absolute Gasteiger partial charge is 0.456 e. The Labute approximate surface area is 63.4 Å². The third kappa shape index (κ3) is 0.859. The van der Waals surface area contributed by atoms with Gasteiger partial charge in [-0.05, 0) is 0 Å². The van der Waals surface area contributed by atoms with Crippen LogP contribution in [0, 0.1) is 4.91 Å². The molecule has 0 radical (unpaired) electrons. The molecule has 2 aliphatic heterocycles. The molecule has 4 heteroatoms. The zero-order valence-corrected chi connectivity index (χ0v) is 5.95. The maximum absolute atomic E-state index is 11.1. The van der Waals surface area contributed by atoms with E-state index in [1.54, 1.807) is 0 Å². The summed E-state index contributed by atoms with van der Waals surface area (Å²) in [7, 11) is 0. The number of carbonyl (C=O) groups excluding carboxylic acids is 1. The van der Waals surface area contributed by atoms with Gasteiger partial charge < -0.3 is 4.74 Å². The molecule has 4 nitrogen and oxygen atoms in total. The Hall–Kier alpha value is -1.19. The quantitative estimate of drug-likeness (QED) is 0.281. The average Bonchev–Trinajstić information content (AvgIpc) is 2.34. The molecule has 0 aliphatic carbocycles. The van der Waals surface area contributed by atoms with E-state index in [1.165, 1.54) is 0 Å². The van der Waals surface area contributed by atoms with E-state index in [4.69, 9.17) is 4.74 Å². The van der Waals surface area contributed by atoms with E-state index in [0.29, 0.717) is 13.2 Å². The maximum Gasteiger partial charge on any atom is 0.385 e. The summed E-state index contributed by atoms with van der Waals surface area (Å²) < 4.78 is 5.52. The predicted molar refractivity (Wildman–Crippen MR) is 35.9 cm³/mol. The van der Waals surface area contributed by atoms with Gasteiger partial charge in [-0.15, -0.1) is 0 Å². The number of hydrogen-bond acceptors (Lipinski definition) is 3. The van der Waals surface area contributed by atoms with Gasteiger partial charge >= 0.3 is 12.0 Å². The lowest BCUT2D eigenvalue weighted by Gasteiger charge is -2.03. The molecule has 2 rings (SSSR count). The first kappa shape index (κ1) is 6.52. The summed E-state index contributed by atoms with van der Waals surface area (Å²) in [5, 5.41) is 0. The van der Waals surface area contributed by atoms with Crippen molar-refractivity contribution in [3.05, 3.63) is 16.6 Å². The summed E-state index contributed by atoms with van der Waals surface area (Å²) in [6.07, 6.45) is 2.65. The normalized spacial score (nSPS) is 29.5. The smallest absolute Gasteiger partial charge is 0.385 e. The zero-order chi connectivity index (χ0) is 7.84. The van der Waals surface area contributed by atoms with Crippen molar-refractivity contribution >= 4 is 5.97 Å². The number of nitrogens with zero attached hydrogens (tertiary/aromatic N) is 1. The second-order valence-corrected chi connectivity index (χ2v) is 2.72. The molecule has 0 aromatic heterocycles. The van der Waals surface area contributed by atoms with Gasteiger partial charge in [-0.2, -0.15) is 0 Å². The molecule has 0 N–H and O–H groups in total. The molecule has 0 aromatic carbocycles. The highest BCUT2D eigenvalue weighted by Gasteiger charge is 2.45. The lowest BCUT2D eigenvalue weighted by Crippen LogP contribution is -2.33. The first-order valence-electron chi connectivity index (χ1n) is 3.58. The van der Waals surface area contributed by atoms with Crippen LogP contribution in [0.2, 0.25) is 0 Å². The summed E-state index contributed by atoms with van der Waals surface area (Å²) in [6, 6.07) is -0.622. The Morgan fingerprint density at radius 1 is 1.64 bits per heavy atom. The van der Waals surface area contributed by atoms with E-state index in [9.17, 15) is 9.70 Å². The van der Waals surface area contributed by atoms with E-state index in [1.807, 2.05) is 6.08 Å². The zero-order valence-electron chi connectivity index (χ0n) is 5.95. The summed E-state index contributed by atoms with van der Waals surface area (Å²) in [4.78, 5) is 22.0. The first-order chi connectivity index (χ1) is 5.29. The van der Waals surface area contributed by atoms with Crippen molar-refractivity contribution in [3.8, 4) is 0 Å². The molecule has 1 fully saturated rings. The number of ether oxygens (including phenoxy) is 1. The number of carbonyl (C=O) groups is 1. The van der Waals surface area contributed by atoms with Gasteiger partial charge in [0, 0.05) is 21.7 Å². The number of cyclic esters (lactones) is 1. The first-order valence-corrected chi connectivity index (χ1v) is 3.58. The Bertz CT molecular complexity index is 256. The van der Waals surface area contributed by atoms with Crippen LogP contribution in [0.3, 0.4) is 0 Å². The fourth-order valence-corrected chi connectivity index (χ4v) is 1.44. The van der Waals surface area contributed by atoms with Gasteiger partial charge in [-0.1, -0.05) is 6.08 Å². The third-order valence-electron chi connectivity index (χ3n) is 2.00. The van der Waals surface area contributed by atoms with Crippen LogP contribution in [0.4, 0.5) is 0 Å². The molecule has 2 heterocycles. The maximum atomic E-state index is 11.1. The van der Waals surface area contributed by atoms with Gasteiger partial charge in [0.1, 0.15) is 6.61 Å². The fourth-order valence-electron chi connectivity index (χ4n) is 1.44. The van der Waals surface area contributed by atoms with Crippen molar-refractivity contribution in [2.24, 2.45) is 0 Å². The predicted octanol–water partition coefficient (Wildman–Crippen LogP) is 0.0208. The van der Waals surface area contributed by atoms with Crippen LogP contribution >= 0.6 is 0 Å². The van der Waals surface area contributed by atoms with E-state index in [2.05, 4.69) is 0 Å². The molecule has 0 saturated carbocycles. The van der Waals surface area contributed by atoms with Crippen LogP contribution < -0.4 is 0 Å². The summed E-state index contributed by atoms with van der Waals surface area (Å²) >= 11 is 0. The number of nitroso groups, excluding NO2 is 1. The van der Waals surface area contributed by atoms with E-state index in [-0.39, 0.29) is 0 Å². The number of rotatable bonds is 0. The van der Waals surface area contributed by atoms with Gasteiger partial charge in [0.25, 0.3) is 0 Å². The van der Waals surface area contributed by atoms with Gasteiger partial charge in [0.2, 0.25) is 0 Å². The minimum atomic E-state index is -0.622. The molecular formula is C7H8NO3+. The van der Waals surface area contributed by atoms with E-state index < -0.39 is 12.0 Å². The minimum absolute atomic E-state index is 0.308. The Morgan fingerprint density at radius 2 is 2.45 bits per heavy atom. The second kappa shape index (κ2) is 2.15. The lowest BCUT2D eigenvalue weighted by molar-refractivity contribution is -0.565. The number of hydrogen-bond donors (Lipinski definition) is 0. The van der Waals surface area contributed by atoms with Crippen LogP contribution in [-0.4, -0.2) is 29.9 Å². The molecular weight excluding hydrogens is 146 g/mol. The molecule has 0 spiro atoms. The molecule has 58 valence electrons. The van der Waals surface area contributed by atoms with Crippen LogP contribution in [0.15, 0.2) is 11.6 Å². The summed E-state index contributed by atoms with van der Waals surface area (Å²) in [5.74, 6) is -0.397. The van der Waals surface area contributed by atoms with Gasteiger partial charge in [-0.25, -0.2) is 4.79 Å². The SMILES string of the molecule is O=C1OCC2=CCC[N+](=O)C12. The summed E-state index contributed by atoms with van der Waals surface area (Å²) in [6.45, 7) is 0.714. The fraction of sp³-hybridized carbons (Fsp3) is 0.571. The lowest BCUT2D eigenvalue weighted by atomic mass is 10.1. The number of fused-ring (bicyclic) bond motifs is 1. The molecule has 1 atom stereocenters. The minimum Gasteiger partial charge on any atom is -0.456 e. The van der Waals surface area contributed by atoms with E-state index in [0.717, 1.165) is 16.8 Å². The molecule has 1 unspecified atom stereocenters. The van der Waals surface area contributed by atoms with Gasteiger partial charge in [-0.3, -0.25) is 0 Å². The van der Waals surface area contributed by atoms with Gasteiger partial charge in [0.05, 0.1) is 0 Å². The summed E-state index contributed by atoms with van der Waals surface area (Å²) in [5.41, 5.74) is 0.830. The van der Waals surface area contributed by atoms with Crippen molar-refractivity contribution in [2.45, 2.75) is 12.5 Å². The van der Waals surface area contributed by atoms with Crippen molar-refractivity contribution in [2.75, 3.05) is 13.2 Å². The standard InChI is InChI=1S/C7H8NO3/c9-7-6-5(4-11-7)2-1-3-8(6)10/h2,6H,1,3-4H2/q+1. The highest BCUT2D eigenvalue weighted by Crippen LogP contribution is 2.21. The van der Waals surface area contributed by atoms with E-state index >= 15 is 0 Å². The molecule has 0 bridgehead atoms. The Morgan fingerprint density at radius 3 is 3.18 bits per heavy atom. The van der Waals surface area contributed by atoms with Crippen LogP contribution in [-0.2, 0) is 9.53 Å². The van der Waals surface area contributed by atoms with Crippen molar-refractivity contribution in [3.63, 3.8) is 0 Å². The highest BCUT2D eigenvalue weighted by atomic mass is 16.5. The molecule has 2 aliphatic rings. The Kier molecular flexibility index (Phi) is 1.27. The molecule has 11 heavy (non-hydrogen) atoms. The van der Waals surface area contributed by atoms with Crippen LogP contribution in [0.5, 0.6) is 0 Å².